The number of H-pyrrole nitrogens is 1. The van der Waals surface area contributed by atoms with Gasteiger partial charge in [0.15, 0.2) is 5.96 Å². The highest BCUT2D eigenvalue weighted by atomic mass is 32.2. The Morgan fingerprint density at radius 2 is 1.90 bits per heavy atom. The Balaban J connectivity index is 1.52. The summed E-state index contributed by atoms with van der Waals surface area (Å²) in [6.45, 7) is 1.13. The van der Waals surface area contributed by atoms with Gasteiger partial charge in [-0.1, -0.05) is 12.1 Å². The minimum Gasteiger partial charge on any atom is -0.361 e. The zero-order chi connectivity index (χ0) is 20.9. The van der Waals surface area contributed by atoms with Gasteiger partial charge in [0.05, 0.1) is 4.90 Å². The number of rotatable bonds is 7. The van der Waals surface area contributed by atoms with Gasteiger partial charge in [-0.15, -0.1) is 0 Å². The number of fused-ring (bicyclic) bond motifs is 1. The molecule has 154 valence electrons. The van der Waals surface area contributed by atoms with Gasteiger partial charge >= 0.3 is 0 Å². The van der Waals surface area contributed by atoms with Crippen LogP contribution in [0.4, 0.5) is 4.39 Å². The fourth-order valence-electron chi connectivity index (χ4n) is 2.98. The van der Waals surface area contributed by atoms with Gasteiger partial charge in [-0.2, -0.15) is 0 Å². The number of hydrogen-bond donors (Lipinski definition) is 4. The summed E-state index contributed by atoms with van der Waals surface area (Å²) in [7, 11) is -0.374. The van der Waals surface area contributed by atoms with Crippen LogP contribution in [0.1, 0.15) is 11.1 Å². The molecule has 3 aromatic rings. The maximum absolute atomic E-state index is 13.5. The van der Waals surface area contributed by atoms with Crippen LogP contribution in [0.5, 0.6) is 0 Å². The zero-order valence-corrected chi connectivity index (χ0v) is 17.1. The summed E-state index contributed by atoms with van der Waals surface area (Å²) in [5.41, 5.74) is 2.87. The fraction of sp³-hybridized carbons (Fsp3) is 0.250. The van der Waals surface area contributed by atoms with Crippen molar-refractivity contribution in [2.24, 2.45) is 4.99 Å². The first-order chi connectivity index (χ1) is 13.9. The molecule has 9 heteroatoms. The molecule has 0 fully saturated rings. The minimum atomic E-state index is -3.44. The molecule has 29 heavy (non-hydrogen) atoms. The van der Waals surface area contributed by atoms with Crippen molar-refractivity contribution in [2.45, 2.75) is 17.9 Å². The monoisotopic (exact) mass is 417 g/mol. The van der Waals surface area contributed by atoms with E-state index in [4.69, 9.17) is 0 Å². The molecule has 0 spiro atoms. The Labute approximate surface area is 169 Å². The largest absolute Gasteiger partial charge is 0.361 e. The predicted octanol–water partition coefficient (Wildman–Crippen LogP) is 2.12. The Morgan fingerprint density at radius 1 is 1.14 bits per heavy atom. The molecule has 0 atom stereocenters. The Morgan fingerprint density at radius 3 is 2.59 bits per heavy atom. The third-order valence-electron chi connectivity index (χ3n) is 4.60. The van der Waals surface area contributed by atoms with E-state index in [0.29, 0.717) is 25.5 Å². The lowest BCUT2D eigenvalue weighted by molar-refractivity contribution is 0.588. The van der Waals surface area contributed by atoms with Gasteiger partial charge in [0.2, 0.25) is 10.0 Å². The molecule has 0 saturated heterocycles. The molecule has 0 bridgehead atoms. The van der Waals surface area contributed by atoms with E-state index in [1.807, 2.05) is 6.20 Å². The Bertz CT molecular complexity index is 1110. The van der Waals surface area contributed by atoms with Crippen LogP contribution >= 0.6 is 0 Å². The minimum absolute atomic E-state index is 0.224. The number of aromatic amines is 1. The number of sulfonamides is 1. The normalized spacial score (nSPS) is 12.3. The predicted molar refractivity (Wildman–Crippen MR) is 113 cm³/mol. The molecule has 2 aromatic carbocycles. The van der Waals surface area contributed by atoms with Crippen LogP contribution in [0.2, 0.25) is 0 Å². The molecule has 0 unspecified atom stereocenters. The summed E-state index contributed by atoms with van der Waals surface area (Å²) in [5.74, 6) is 0.375. The molecular weight excluding hydrogens is 393 g/mol. The zero-order valence-electron chi connectivity index (χ0n) is 16.3. The summed E-state index contributed by atoms with van der Waals surface area (Å²) >= 11 is 0. The molecule has 0 saturated carbocycles. The molecule has 7 nitrogen and oxygen atoms in total. The van der Waals surface area contributed by atoms with Crippen molar-refractivity contribution in [3.63, 3.8) is 0 Å². The number of aliphatic imine (C=N–C) groups is 1. The third-order valence-corrected chi connectivity index (χ3v) is 6.03. The molecule has 0 amide bonds. The number of guanidine groups is 1. The van der Waals surface area contributed by atoms with E-state index < -0.39 is 10.0 Å². The van der Waals surface area contributed by atoms with Gasteiger partial charge in [-0.05, 0) is 54.9 Å². The summed E-state index contributed by atoms with van der Waals surface area (Å²) in [5, 5.41) is 7.30. The van der Waals surface area contributed by atoms with Gasteiger partial charge in [0.1, 0.15) is 5.82 Å². The lowest BCUT2D eigenvalue weighted by atomic mass is 10.1. The van der Waals surface area contributed by atoms with Crippen molar-refractivity contribution in [1.29, 1.82) is 0 Å². The smallest absolute Gasteiger partial charge is 0.240 e. The second-order valence-corrected chi connectivity index (χ2v) is 8.34. The summed E-state index contributed by atoms with van der Waals surface area (Å²) in [6.07, 6.45) is 2.60. The molecule has 0 aliphatic heterocycles. The van der Waals surface area contributed by atoms with Crippen molar-refractivity contribution < 1.29 is 12.8 Å². The topological polar surface area (TPSA) is 98.4 Å². The number of nitrogens with one attached hydrogen (secondary N) is 4. The van der Waals surface area contributed by atoms with Crippen molar-refractivity contribution in [3.05, 3.63) is 65.6 Å². The lowest BCUT2D eigenvalue weighted by Crippen LogP contribution is -2.37. The number of benzene rings is 2. The molecule has 1 aromatic heterocycles. The van der Waals surface area contributed by atoms with Gasteiger partial charge in [-0.25, -0.2) is 17.5 Å². The van der Waals surface area contributed by atoms with Crippen molar-refractivity contribution in [1.82, 2.24) is 20.3 Å². The van der Waals surface area contributed by atoms with Crippen LogP contribution in [-0.4, -0.2) is 40.0 Å². The van der Waals surface area contributed by atoms with Crippen molar-refractivity contribution in [3.8, 4) is 0 Å². The molecule has 0 aliphatic rings. The van der Waals surface area contributed by atoms with Crippen LogP contribution < -0.4 is 15.4 Å². The maximum atomic E-state index is 13.5. The van der Waals surface area contributed by atoms with E-state index in [2.05, 4.69) is 25.3 Å². The van der Waals surface area contributed by atoms with Crippen LogP contribution in [0.3, 0.4) is 0 Å². The number of halogens is 1. The van der Waals surface area contributed by atoms with Crippen molar-refractivity contribution in [2.75, 3.05) is 20.6 Å². The molecule has 4 N–H and O–H groups in total. The van der Waals surface area contributed by atoms with E-state index in [1.165, 1.54) is 19.2 Å². The van der Waals surface area contributed by atoms with E-state index in [-0.39, 0.29) is 10.7 Å². The first-order valence-corrected chi connectivity index (χ1v) is 10.6. The molecule has 0 radical (unpaired) electrons. The summed E-state index contributed by atoms with van der Waals surface area (Å²) in [6, 6.07) is 11.3. The van der Waals surface area contributed by atoms with Crippen LogP contribution in [-0.2, 0) is 23.0 Å². The standard InChI is InChI=1S/C20H24FN5O2S/c1-22-20(26-12-14-3-6-17(7-4-14)29(27,28)23-2)24-10-9-15-13-25-19-8-5-16(21)11-18(15)19/h3-8,11,13,23,25H,9-10,12H2,1-2H3,(H2,22,24,26). The second kappa shape index (κ2) is 9.06. The average molecular weight is 418 g/mol. The third kappa shape index (κ3) is 5.12. The van der Waals surface area contributed by atoms with E-state index in [9.17, 15) is 12.8 Å². The number of nitrogens with zero attached hydrogens (tertiary/aromatic N) is 1. The summed E-state index contributed by atoms with van der Waals surface area (Å²) < 4.78 is 39.3. The van der Waals surface area contributed by atoms with Crippen LogP contribution in [0.25, 0.3) is 10.9 Å². The maximum Gasteiger partial charge on any atom is 0.240 e. The SMILES string of the molecule is CN=C(NCCc1c[nH]c2ccc(F)cc12)NCc1ccc(S(=O)(=O)NC)cc1. The van der Waals surface area contributed by atoms with Gasteiger partial charge < -0.3 is 15.6 Å². The fourth-order valence-corrected chi connectivity index (χ4v) is 3.71. The van der Waals surface area contributed by atoms with E-state index in [0.717, 1.165) is 22.0 Å². The highest BCUT2D eigenvalue weighted by Crippen LogP contribution is 2.19. The highest BCUT2D eigenvalue weighted by molar-refractivity contribution is 7.89. The van der Waals surface area contributed by atoms with E-state index >= 15 is 0 Å². The first-order valence-electron chi connectivity index (χ1n) is 9.15. The molecule has 1 heterocycles. The number of aromatic nitrogens is 1. The van der Waals surface area contributed by atoms with E-state index in [1.54, 1.807) is 37.4 Å². The summed E-state index contributed by atoms with van der Waals surface area (Å²) in [4.78, 5) is 7.56. The Kier molecular flexibility index (Phi) is 6.50. The second-order valence-electron chi connectivity index (χ2n) is 6.46. The van der Waals surface area contributed by atoms with Gasteiger partial charge in [-0.3, -0.25) is 4.99 Å². The van der Waals surface area contributed by atoms with Crippen LogP contribution in [0, 0.1) is 5.82 Å². The first kappa shape index (κ1) is 20.8. The average Bonchev–Trinajstić information content (AvgIpc) is 3.13. The highest BCUT2D eigenvalue weighted by Gasteiger charge is 2.10. The van der Waals surface area contributed by atoms with Crippen LogP contribution in [0.15, 0.2) is 58.5 Å². The van der Waals surface area contributed by atoms with Gasteiger partial charge in [0, 0.05) is 37.2 Å². The number of hydrogen-bond acceptors (Lipinski definition) is 3. The van der Waals surface area contributed by atoms with Gasteiger partial charge in [0.25, 0.3) is 0 Å². The lowest BCUT2D eigenvalue weighted by Gasteiger charge is -2.12. The molecule has 3 rings (SSSR count). The quantitative estimate of drug-likeness (QED) is 0.350. The molecule has 0 aliphatic carbocycles. The van der Waals surface area contributed by atoms with Crippen molar-refractivity contribution >= 4 is 26.9 Å². The molecular formula is C20H24FN5O2S. The Hall–Kier alpha value is -2.91.